The first kappa shape index (κ1) is 21.5. The highest BCUT2D eigenvalue weighted by atomic mass is 16.5. The molecule has 32 heavy (non-hydrogen) atoms. The Morgan fingerprint density at radius 1 is 0.938 bits per heavy atom. The summed E-state index contributed by atoms with van der Waals surface area (Å²) in [7, 11) is 0. The second-order valence-corrected chi connectivity index (χ2v) is 10.6. The van der Waals surface area contributed by atoms with Crippen molar-refractivity contribution in [3.05, 3.63) is 65.7 Å². The molecule has 2 N–H and O–H groups in total. The molecule has 1 atom stereocenters. The highest BCUT2D eigenvalue weighted by Crippen LogP contribution is 2.61. The van der Waals surface area contributed by atoms with Gasteiger partial charge in [-0.15, -0.1) is 0 Å². The van der Waals surface area contributed by atoms with E-state index in [4.69, 9.17) is 4.74 Å². The number of carbonyl (C=O) groups is 1. The molecule has 4 bridgehead atoms. The van der Waals surface area contributed by atoms with Gasteiger partial charge < -0.3 is 15.2 Å². The average molecular weight is 434 g/mol. The smallest absolute Gasteiger partial charge is 0.249 e. The topological polar surface area (TPSA) is 58.6 Å². The molecular formula is C28H35NO3. The van der Waals surface area contributed by atoms with Gasteiger partial charge in [-0.3, -0.25) is 4.79 Å². The van der Waals surface area contributed by atoms with Crippen LogP contribution >= 0.6 is 0 Å². The van der Waals surface area contributed by atoms with E-state index in [-0.39, 0.29) is 5.91 Å². The molecule has 2 aromatic carbocycles. The number of hydrogen-bond donors (Lipinski definition) is 2. The Labute approximate surface area is 191 Å². The quantitative estimate of drug-likeness (QED) is 0.569. The molecule has 4 aliphatic rings. The van der Waals surface area contributed by atoms with Crippen LogP contribution in [0.2, 0.25) is 0 Å². The fourth-order valence-corrected chi connectivity index (χ4v) is 6.92. The Morgan fingerprint density at radius 2 is 1.56 bits per heavy atom. The number of nitrogens with one attached hydrogen (secondary N) is 1. The first-order chi connectivity index (χ1) is 15.6. The molecule has 0 saturated heterocycles. The van der Waals surface area contributed by atoms with Crippen LogP contribution in [-0.4, -0.2) is 17.1 Å². The van der Waals surface area contributed by atoms with Crippen LogP contribution in [0.5, 0.6) is 5.75 Å². The maximum atomic E-state index is 12.5. The van der Waals surface area contributed by atoms with Crippen LogP contribution < -0.4 is 10.1 Å². The molecule has 0 radical (unpaired) electrons. The summed E-state index contributed by atoms with van der Waals surface area (Å²) < 4.78 is 5.82. The minimum atomic E-state index is -0.906. The standard InChI is InChI=1S/C28H35NO3/c30-26(10-11-28-15-22-12-23(16-28)14-24(13-22)17-28)27(31)29-18-20-6-8-25(9-7-20)32-19-21-4-2-1-3-5-21/h1-9,22-24,26,30H,10-19H2,(H,29,31). The van der Waals surface area contributed by atoms with E-state index in [9.17, 15) is 9.90 Å². The van der Waals surface area contributed by atoms with E-state index in [2.05, 4.69) is 5.32 Å². The molecule has 170 valence electrons. The van der Waals surface area contributed by atoms with E-state index >= 15 is 0 Å². The lowest BCUT2D eigenvalue weighted by molar-refractivity contribution is -0.131. The van der Waals surface area contributed by atoms with Gasteiger partial charge >= 0.3 is 0 Å². The predicted octanol–water partition coefficient (Wildman–Crippen LogP) is 5.24. The van der Waals surface area contributed by atoms with Crippen LogP contribution in [0.15, 0.2) is 54.6 Å². The summed E-state index contributed by atoms with van der Waals surface area (Å²) in [5.41, 5.74) is 2.54. The fraction of sp³-hybridized carbons (Fsp3) is 0.536. The average Bonchev–Trinajstić information content (AvgIpc) is 2.80. The van der Waals surface area contributed by atoms with E-state index in [0.29, 0.717) is 25.0 Å². The summed E-state index contributed by atoms with van der Waals surface area (Å²) in [4.78, 5) is 12.5. The van der Waals surface area contributed by atoms with Crippen molar-refractivity contribution < 1.29 is 14.6 Å². The van der Waals surface area contributed by atoms with E-state index < -0.39 is 6.10 Å². The van der Waals surface area contributed by atoms with Gasteiger partial charge in [-0.1, -0.05) is 42.5 Å². The molecule has 0 aliphatic heterocycles. The molecule has 4 aliphatic carbocycles. The number of aliphatic hydroxyl groups is 1. The van der Waals surface area contributed by atoms with Crippen molar-refractivity contribution >= 4 is 5.91 Å². The highest BCUT2D eigenvalue weighted by Gasteiger charge is 2.50. The third-order valence-electron chi connectivity index (χ3n) is 8.05. The van der Waals surface area contributed by atoms with Crippen molar-refractivity contribution in [2.45, 2.75) is 70.6 Å². The van der Waals surface area contributed by atoms with Crippen molar-refractivity contribution in [3.8, 4) is 5.75 Å². The molecule has 4 heteroatoms. The zero-order valence-corrected chi connectivity index (χ0v) is 18.8. The van der Waals surface area contributed by atoms with Gasteiger partial charge in [-0.05, 0) is 97.8 Å². The number of hydrogen-bond acceptors (Lipinski definition) is 3. The minimum Gasteiger partial charge on any atom is -0.489 e. The first-order valence-corrected chi connectivity index (χ1v) is 12.3. The summed E-state index contributed by atoms with van der Waals surface area (Å²) in [6.07, 6.45) is 8.94. The maximum absolute atomic E-state index is 12.5. The molecule has 1 amide bonds. The Balaban J connectivity index is 1.05. The zero-order chi connectivity index (χ0) is 22.0. The van der Waals surface area contributed by atoms with Gasteiger partial charge in [-0.2, -0.15) is 0 Å². The molecule has 0 aromatic heterocycles. The third kappa shape index (κ3) is 5.01. The van der Waals surface area contributed by atoms with Gasteiger partial charge in [0.2, 0.25) is 5.91 Å². The molecular weight excluding hydrogens is 398 g/mol. The number of amides is 1. The summed E-state index contributed by atoms with van der Waals surface area (Å²) in [6, 6.07) is 17.8. The van der Waals surface area contributed by atoms with Crippen molar-refractivity contribution in [3.63, 3.8) is 0 Å². The van der Waals surface area contributed by atoms with E-state index in [0.717, 1.165) is 41.1 Å². The van der Waals surface area contributed by atoms with Gasteiger partial charge in [0.1, 0.15) is 18.5 Å². The number of carbonyl (C=O) groups excluding carboxylic acids is 1. The van der Waals surface area contributed by atoms with Gasteiger partial charge in [-0.25, -0.2) is 0 Å². The van der Waals surface area contributed by atoms with Crippen LogP contribution in [-0.2, 0) is 17.9 Å². The summed E-state index contributed by atoms with van der Waals surface area (Å²) >= 11 is 0. The molecule has 0 heterocycles. The van der Waals surface area contributed by atoms with Crippen LogP contribution in [0.1, 0.15) is 62.5 Å². The maximum Gasteiger partial charge on any atom is 0.249 e. The van der Waals surface area contributed by atoms with Crippen LogP contribution in [0, 0.1) is 23.2 Å². The molecule has 0 spiro atoms. The lowest BCUT2D eigenvalue weighted by Crippen LogP contribution is -2.46. The molecule has 4 nitrogen and oxygen atoms in total. The Bertz CT molecular complexity index is 873. The fourth-order valence-electron chi connectivity index (χ4n) is 6.92. The van der Waals surface area contributed by atoms with Crippen LogP contribution in [0.3, 0.4) is 0 Å². The molecule has 6 rings (SSSR count). The SMILES string of the molecule is O=C(NCc1ccc(OCc2ccccc2)cc1)C(O)CCC12CC3CC(CC(C3)C1)C2. The number of ether oxygens (including phenoxy) is 1. The van der Waals surface area contributed by atoms with Gasteiger partial charge in [0, 0.05) is 6.54 Å². The monoisotopic (exact) mass is 433 g/mol. The molecule has 4 saturated carbocycles. The van der Waals surface area contributed by atoms with Crippen molar-refractivity contribution in [1.82, 2.24) is 5.32 Å². The van der Waals surface area contributed by atoms with Crippen molar-refractivity contribution in [2.75, 3.05) is 0 Å². The molecule has 1 unspecified atom stereocenters. The Morgan fingerprint density at radius 3 is 2.19 bits per heavy atom. The molecule has 2 aromatic rings. The Kier molecular flexibility index (Phi) is 6.23. The number of aliphatic hydroxyl groups excluding tert-OH is 1. The Hall–Kier alpha value is -2.33. The zero-order valence-electron chi connectivity index (χ0n) is 18.8. The first-order valence-electron chi connectivity index (χ1n) is 12.3. The predicted molar refractivity (Wildman–Crippen MR) is 125 cm³/mol. The number of benzene rings is 2. The second-order valence-electron chi connectivity index (χ2n) is 10.6. The van der Waals surface area contributed by atoms with E-state index in [1.165, 1.54) is 38.5 Å². The van der Waals surface area contributed by atoms with E-state index in [1.807, 2.05) is 54.6 Å². The van der Waals surface area contributed by atoms with Crippen LogP contribution in [0.25, 0.3) is 0 Å². The van der Waals surface area contributed by atoms with Gasteiger partial charge in [0.15, 0.2) is 0 Å². The normalized spacial score (nSPS) is 29.0. The number of rotatable bonds is 9. The van der Waals surface area contributed by atoms with E-state index in [1.54, 1.807) is 0 Å². The van der Waals surface area contributed by atoms with Crippen LogP contribution in [0.4, 0.5) is 0 Å². The summed E-state index contributed by atoms with van der Waals surface area (Å²) in [6.45, 7) is 0.957. The van der Waals surface area contributed by atoms with Gasteiger partial charge in [0.25, 0.3) is 0 Å². The lowest BCUT2D eigenvalue weighted by atomic mass is 9.48. The second kappa shape index (κ2) is 9.27. The largest absolute Gasteiger partial charge is 0.489 e. The third-order valence-corrected chi connectivity index (χ3v) is 8.05. The highest BCUT2D eigenvalue weighted by molar-refractivity contribution is 5.80. The molecule has 4 fully saturated rings. The van der Waals surface area contributed by atoms with Gasteiger partial charge in [0.05, 0.1) is 0 Å². The summed E-state index contributed by atoms with van der Waals surface area (Å²) in [5.74, 6) is 3.28. The van der Waals surface area contributed by atoms with Crippen molar-refractivity contribution in [2.24, 2.45) is 23.2 Å². The minimum absolute atomic E-state index is 0.251. The summed E-state index contributed by atoms with van der Waals surface area (Å²) in [5, 5.41) is 13.4. The lowest BCUT2D eigenvalue weighted by Gasteiger charge is -2.57. The van der Waals surface area contributed by atoms with Crippen molar-refractivity contribution in [1.29, 1.82) is 0 Å².